The highest BCUT2D eigenvalue weighted by Crippen LogP contribution is 2.34. The monoisotopic (exact) mass is 441 g/mol. The summed E-state index contributed by atoms with van der Waals surface area (Å²) in [5.74, 6) is -0.308. The number of aryl methyl sites for hydroxylation is 1. The van der Waals surface area contributed by atoms with Gasteiger partial charge in [0.25, 0.3) is 5.91 Å². The van der Waals surface area contributed by atoms with Gasteiger partial charge in [-0.15, -0.1) is 10.2 Å². The van der Waals surface area contributed by atoms with Crippen molar-refractivity contribution in [3.05, 3.63) is 69.1 Å². The summed E-state index contributed by atoms with van der Waals surface area (Å²) in [5, 5.41) is 15.5. The molecule has 7 nitrogen and oxygen atoms in total. The molecule has 1 aromatic heterocycles. The van der Waals surface area contributed by atoms with Crippen LogP contribution in [0, 0.1) is 6.92 Å². The number of halogens is 1. The van der Waals surface area contributed by atoms with Crippen LogP contribution in [0.5, 0.6) is 0 Å². The van der Waals surface area contributed by atoms with Crippen molar-refractivity contribution in [2.45, 2.75) is 25.8 Å². The predicted octanol–water partition coefficient (Wildman–Crippen LogP) is 5.12. The van der Waals surface area contributed by atoms with E-state index in [1.54, 1.807) is 29.2 Å². The smallest absolute Gasteiger partial charge is 0.320 e. The number of hydrogen-bond acceptors (Lipinski definition) is 5. The summed E-state index contributed by atoms with van der Waals surface area (Å²) >= 11 is 7.11. The molecular weight excluding hydrogens is 422 g/mol. The number of aromatic nitrogens is 2. The number of rotatable bonds is 4. The summed E-state index contributed by atoms with van der Waals surface area (Å²) in [6, 6.07) is 14.1. The van der Waals surface area contributed by atoms with Crippen molar-refractivity contribution in [2.75, 3.05) is 17.2 Å². The molecule has 0 radical (unpaired) electrons. The Hall–Kier alpha value is -2.97. The van der Waals surface area contributed by atoms with Gasteiger partial charge in [-0.3, -0.25) is 4.79 Å². The van der Waals surface area contributed by atoms with Crippen LogP contribution in [0.25, 0.3) is 0 Å². The Morgan fingerprint density at radius 1 is 1.03 bits per heavy atom. The number of nitrogens with zero attached hydrogens (tertiary/aromatic N) is 3. The zero-order valence-electron chi connectivity index (χ0n) is 16.3. The zero-order chi connectivity index (χ0) is 21.1. The Morgan fingerprint density at radius 3 is 2.43 bits per heavy atom. The molecule has 0 unspecified atom stereocenters. The normalized spacial score (nSPS) is 15.8. The first-order chi connectivity index (χ1) is 14.5. The molecule has 1 fully saturated rings. The van der Waals surface area contributed by atoms with Gasteiger partial charge in [0.15, 0.2) is 0 Å². The average molecular weight is 442 g/mol. The number of benzene rings is 2. The summed E-state index contributed by atoms with van der Waals surface area (Å²) in [7, 11) is 0. The summed E-state index contributed by atoms with van der Waals surface area (Å²) in [6.07, 6.45) is 1.64. The van der Waals surface area contributed by atoms with Gasteiger partial charge in [-0.2, -0.15) is 0 Å². The summed E-state index contributed by atoms with van der Waals surface area (Å²) in [6.45, 7) is 2.60. The Balaban J connectivity index is 1.43. The Bertz CT molecular complexity index is 1050. The van der Waals surface area contributed by atoms with Crippen molar-refractivity contribution >= 4 is 46.3 Å². The third kappa shape index (κ3) is 4.60. The van der Waals surface area contributed by atoms with E-state index in [0.29, 0.717) is 27.9 Å². The lowest BCUT2D eigenvalue weighted by Crippen LogP contribution is -2.34. The van der Waals surface area contributed by atoms with Gasteiger partial charge in [0.1, 0.15) is 5.01 Å². The molecule has 2 aromatic carbocycles. The van der Waals surface area contributed by atoms with Gasteiger partial charge in [0, 0.05) is 22.9 Å². The third-order valence-electron chi connectivity index (χ3n) is 4.84. The van der Waals surface area contributed by atoms with Crippen LogP contribution in [0.3, 0.4) is 0 Å². The number of carbonyl (C=O) groups excluding carboxylic acids is 2. The van der Waals surface area contributed by atoms with Gasteiger partial charge in [-0.1, -0.05) is 40.6 Å². The van der Waals surface area contributed by atoms with E-state index in [2.05, 4.69) is 20.8 Å². The molecule has 1 saturated heterocycles. The van der Waals surface area contributed by atoms with E-state index in [1.165, 1.54) is 11.3 Å². The number of anilines is 2. The van der Waals surface area contributed by atoms with E-state index in [1.807, 2.05) is 31.2 Å². The Morgan fingerprint density at radius 2 is 1.70 bits per heavy atom. The predicted molar refractivity (Wildman–Crippen MR) is 118 cm³/mol. The van der Waals surface area contributed by atoms with Gasteiger partial charge >= 0.3 is 6.03 Å². The highest BCUT2D eigenvalue weighted by Gasteiger charge is 2.33. The van der Waals surface area contributed by atoms with Gasteiger partial charge in [-0.05, 0) is 56.2 Å². The van der Waals surface area contributed by atoms with E-state index < -0.39 is 0 Å². The molecule has 9 heteroatoms. The van der Waals surface area contributed by atoms with Crippen LogP contribution in [0.15, 0.2) is 48.5 Å². The maximum Gasteiger partial charge on any atom is 0.322 e. The highest BCUT2D eigenvalue weighted by atomic mass is 35.5. The van der Waals surface area contributed by atoms with Crippen LogP contribution in [0.1, 0.15) is 39.3 Å². The second-order valence-electron chi connectivity index (χ2n) is 7.05. The van der Waals surface area contributed by atoms with E-state index in [0.717, 1.165) is 18.4 Å². The quantitative estimate of drug-likeness (QED) is 0.588. The van der Waals surface area contributed by atoms with Crippen molar-refractivity contribution in [2.24, 2.45) is 0 Å². The molecule has 0 bridgehead atoms. The number of hydrogen-bond donors (Lipinski definition) is 2. The lowest BCUT2D eigenvalue weighted by molar-refractivity contribution is 0.102. The minimum absolute atomic E-state index is 0.198. The van der Waals surface area contributed by atoms with Gasteiger partial charge in [0.05, 0.1) is 6.04 Å². The van der Waals surface area contributed by atoms with Crippen LogP contribution in [-0.2, 0) is 0 Å². The molecule has 0 spiro atoms. The van der Waals surface area contributed by atoms with E-state index in [-0.39, 0.29) is 23.0 Å². The highest BCUT2D eigenvalue weighted by molar-refractivity contribution is 7.13. The minimum atomic E-state index is -0.308. The number of urea groups is 1. The fourth-order valence-corrected chi connectivity index (χ4v) is 4.29. The molecule has 1 aliphatic rings. The molecule has 30 heavy (non-hydrogen) atoms. The van der Waals surface area contributed by atoms with E-state index >= 15 is 0 Å². The second kappa shape index (κ2) is 8.81. The molecule has 154 valence electrons. The maximum atomic E-state index is 12.8. The fraction of sp³-hybridized carbons (Fsp3) is 0.238. The summed E-state index contributed by atoms with van der Waals surface area (Å²) in [5.41, 5.74) is 2.49. The van der Waals surface area contributed by atoms with Crippen LogP contribution < -0.4 is 10.6 Å². The molecule has 4 rings (SSSR count). The standard InChI is InChI=1S/C21H20ClN5O2S/c1-13-4-8-15(9-5-13)23-18(28)20-26-25-19(30-20)17-3-2-12-27(17)21(29)24-16-10-6-14(22)7-11-16/h4-11,17H,2-3,12H2,1H3,(H,23,28)(H,24,29)/t17-/m1/s1. The SMILES string of the molecule is Cc1ccc(NC(=O)c2nnc([C@H]3CCCN3C(=O)Nc3ccc(Cl)cc3)s2)cc1. The third-order valence-corrected chi connectivity index (χ3v) is 6.11. The van der Waals surface area contributed by atoms with Crippen molar-refractivity contribution in [1.29, 1.82) is 0 Å². The zero-order valence-corrected chi connectivity index (χ0v) is 17.8. The number of likely N-dealkylation sites (tertiary alicyclic amines) is 1. The first-order valence-corrected chi connectivity index (χ1v) is 10.7. The fourth-order valence-electron chi connectivity index (χ4n) is 3.28. The van der Waals surface area contributed by atoms with Crippen LogP contribution in [-0.4, -0.2) is 33.6 Å². The van der Waals surface area contributed by atoms with Gasteiger partial charge in [-0.25, -0.2) is 4.79 Å². The molecule has 0 aliphatic carbocycles. The lowest BCUT2D eigenvalue weighted by atomic mass is 10.2. The number of carbonyl (C=O) groups is 2. The Labute approximate surface area is 183 Å². The first kappa shape index (κ1) is 20.3. The number of nitrogens with one attached hydrogen (secondary N) is 2. The van der Waals surface area contributed by atoms with Gasteiger partial charge in [0.2, 0.25) is 5.01 Å². The van der Waals surface area contributed by atoms with Crippen LogP contribution in [0.4, 0.5) is 16.2 Å². The molecule has 2 N–H and O–H groups in total. The van der Waals surface area contributed by atoms with Crippen molar-refractivity contribution in [1.82, 2.24) is 15.1 Å². The van der Waals surface area contributed by atoms with Crippen LogP contribution in [0.2, 0.25) is 5.02 Å². The minimum Gasteiger partial charge on any atom is -0.320 e. The maximum absolute atomic E-state index is 12.8. The molecule has 1 atom stereocenters. The largest absolute Gasteiger partial charge is 0.322 e. The average Bonchev–Trinajstić information content (AvgIpc) is 3.40. The number of amides is 3. The Kier molecular flexibility index (Phi) is 5.96. The molecule has 3 aromatic rings. The van der Waals surface area contributed by atoms with E-state index in [4.69, 9.17) is 11.6 Å². The van der Waals surface area contributed by atoms with Gasteiger partial charge < -0.3 is 15.5 Å². The molecule has 3 amide bonds. The van der Waals surface area contributed by atoms with Crippen molar-refractivity contribution in [3.8, 4) is 0 Å². The van der Waals surface area contributed by atoms with Crippen LogP contribution >= 0.6 is 22.9 Å². The summed E-state index contributed by atoms with van der Waals surface area (Å²) in [4.78, 5) is 27.0. The topological polar surface area (TPSA) is 87.2 Å². The molecule has 0 saturated carbocycles. The van der Waals surface area contributed by atoms with E-state index in [9.17, 15) is 9.59 Å². The molecular formula is C21H20ClN5O2S. The lowest BCUT2D eigenvalue weighted by Gasteiger charge is -2.23. The second-order valence-corrected chi connectivity index (χ2v) is 8.50. The summed E-state index contributed by atoms with van der Waals surface area (Å²) < 4.78 is 0. The van der Waals surface area contributed by atoms with Crippen molar-refractivity contribution < 1.29 is 9.59 Å². The molecule has 1 aliphatic heterocycles. The van der Waals surface area contributed by atoms with Crippen molar-refractivity contribution in [3.63, 3.8) is 0 Å². The first-order valence-electron chi connectivity index (χ1n) is 9.54. The molecule has 2 heterocycles.